The molecule has 0 heterocycles. The minimum atomic E-state index is -0.824. The van der Waals surface area contributed by atoms with Crippen molar-refractivity contribution >= 4 is 17.4 Å². The van der Waals surface area contributed by atoms with Gasteiger partial charge in [-0.15, -0.1) is 0 Å². The number of hydrogen-bond donors (Lipinski definition) is 1. The van der Waals surface area contributed by atoms with E-state index in [0.717, 1.165) is 18.2 Å². The Morgan fingerprint density at radius 2 is 1.74 bits per heavy atom. The van der Waals surface area contributed by atoms with E-state index < -0.39 is 23.3 Å². The molecule has 1 amide bonds. The smallest absolute Gasteiger partial charge is 0.289 e. The topological polar surface area (TPSA) is 58.5 Å². The predicted octanol–water partition coefficient (Wildman–Crippen LogP) is 1.63. The van der Waals surface area contributed by atoms with Crippen LogP contribution in [0.5, 0.6) is 0 Å². The fourth-order valence-electron chi connectivity index (χ4n) is 1.30. The van der Waals surface area contributed by atoms with E-state index in [9.17, 15) is 18.4 Å². The van der Waals surface area contributed by atoms with Crippen LogP contribution in [0.2, 0.25) is 0 Å². The van der Waals surface area contributed by atoms with Crippen LogP contribution < -0.4 is 5.32 Å². The zero-order chi connectivity index (χ0) is 14.4. The summed E-state index contributed by atoms with van der Waals surface area (Å²) >= 11 is 0. The maximum absolute atomic E-state index is 12.9. The zero-order valence-corrected chi connectivity index (χ0v) is 10.7. The quantitative estimate of drug-likeness (QED) is 0.651. The van der Waals surface area contributed by atoms with Crippen LogP contribution in [0.1, 0.15) is 19.4 Å². The number of ketones is 1. The van der Waals surface area contributed by atoms with Crippen LogP contribution in [0.3, 0.4) is 0 Å². The summed E-state index contributed by atoms with van der Waals surface area (Å²) in [6.07, 6.45) is 0. The van der Waals surface area contributed by atoms with E-state index in [2.05, 4.69) is 10.3 Å². The van der Waals surface area contributed by atoms with E-state index in [-0.39, 0.29) is 18.7 Å². The molecular weight excluding hydrogens is 254 g/mol. The molecule has 1 rings (SSSR count). The third kappa shape index (κ3) is 5.37. The summed E-state index contributed by atoms with van der Waals surface area (Å²) in [6, 6.07) is 2.90. The van der Waals surface area contributed by atoms with Crippen LogP contribution in [0.25, 0.3) is 0 Å². The Labute approximate surface area is 109 Å². The number of hydrogen-bond acceptors (Lipinski definition) is 3. The molecule has 4 nitrogen and oxygen atoms in total. The molecule has 0 unspecified atom stereocenters. The summed E-state index contributed by atoms with van der Waals surface area (Å²) in [6.45, 7) is 3.07. The van der Waals surface area contributed by atoms with Gasteiger partial charge in [-0.1, -0.05) is 0 Å². The molecule has 0 aliphatic heterocycles. The van der Waals surface area contributed by atoms with E-state index >= 15 is 0 Å². The van der Waals surface area contributed by atoms with Gasteiger partial charge in [-0.05, 0) is 31.5 Å². The normalized spacial score (nSPS) is 9.89. The Bertz CT molecular complexity index is 503. The Kier molecular flexibility index (Phi) is 5.29. The molecule has 0 bridgehead atoms. The highest BCUT2D eigenvalue weighted by Gasteiger charge is 2.12. The van der Waals surface area contributed by atoms with Gasteiger partial charge in [-0.2, -0.15) is 0 Å². The molecule has 1 N–H and O–H groups in total. The first-order valence-electron chi connectivity index (χ1n) is 5.62. The average Bonchev–Trinajstić information content (AvgIpc) is 2.31. The number of aliphatic imine (C=N–C) groups is 1. The van der Waals surface area contributed by atoms with Crippen LogP contribution in [-0.4, -0.2) is 23.9 Å². The van der Waals surface area contributed by atoms with E-state index in [4.69, 9.17) is 0 Å². The number of amides is 1. The summed E-state index contributed by atoms with van der Waals surface area (Å²) in [5.41, 5.74) is 0.933. The van der Waals surface area contributed by atoms with Gasteiger partial charge in [0.05, 0.1) is 0 Å². The molecule has 1 aromatic carbocycles. The van der Waals surface area contributed by atoms with Gasteiger partial charge < -0.3 is 5.32 Å². The molecule has 0 spiro atoms. The molecule has 0 saturated carbocycles. The van der Waals surface area contributed by atoms with Crippen molar-refractivity contribution in [3.63, 3.8) is 0 Å². The monoisotopic (exact) mass is 268 g/mol. The van der Waals surface area contributed by atoms with E-state index in [1.54, 1.807) is 13.8 Å². The van der Waals surface area contributed by atoms with Crippen LogP contribution >= 0.6 is 0 Å². The number of nitrogens with one attached hydrogen (secondary N) is 1. The Hall–Kier alpha value is -2.11. The first-order chi connectivity index (χ1) is 8.88. The van der Waals surface area contributed by atoms with Crippen molar-refractivity contribution in [2.45, 2.75) is 20.4 Å². The highest BCUT2D eigenvalue weighted by atomic mass is 19.1. The number of carbonyl (C=O) groups excluding carboxylic acids is 2. The fraction of sp³-hybridized carbons (Fsp3) is 0.308. The first kappa shape index (κ1) is 14.9. The van der Waals surface area contributed by atoms with Gasteiger partial charge in [0, 0.05) is 18.3 Å². The van der Waals surface area contributed by atoms with Gasteiger partial charge in [0.1, 0.15) is 18.2 Å². The number of halogens is 2. The lowest BCUT2D eigenvalue weighted by Crippen LogP contribution is -2.32. The maximum Gasteiger partial charge on any atom is 0.289 e. The number of carbonyl (C=O) groups is 2. The van der Waals surface area contributed by atoms with Gasteiger partial charge in [0.15, 0.2) is 0 Å². The number of benzene rings is 1. The highest BCUT2D eigenvalue weighted by Crippen LogP contribution is 2.07. The van der Waals surface area contributed by atoms with Crippen molar-refractivity contribution in [2.24, 2.45) is 4.99 Å². The predicted molar refractivity (Wildman–Crippen MR) is 66.9 cm³/mol. The third-order valence-electron chi connectivity index (χ3n) is 2.17. The molecule has 0 aromatic heterocycles. The van der Waals surface area contributed by atoms with E-state index in [0.29, 0.717) is 5.71 Å². The lowest BCUT2D eigenvalue weighted by molar-refractivity contribution is -0.137. The maximum atomic E-state index is 12.9. The SMILES string of the molecule is CC(C)=NCC(=O)C(=O)NCc1cc(F)cc(F)c1. The van der Waals surface area contributed by atoms with Gasteiger partial charge >= 0.3 is 0 Å². The highest BCUT2D eigenvalue weighted by molar-refractivity contribution is 6.37. The minimum Gasteiger partial charge on any atom is -0.345 e. The van der Waals surface area contributed by atoms with Crippen molar-refractivity contribution in [3.8, 4) is 0 Å². The van der Waals surface area contributed by atoms with Crippen molar-refractivity contribution < 1.29 is 18.4 Å². The van der Waals surface area contributed by atoms with Crippen molar-refractivity contribution in [3.05, 3.63) is 35.4 Å². The standard InChI is InChI=1S/C13H14F2N2O2/c1-8(2)16-7-12(18)13(19)17-6-9-3-10(14)5-11(15)4-9/h3-5H,6-7H2,1-2H3,(H,17,19). The van der Waals surface area contributed by atoms with Gasteiger partial charge in [0.2, 0.25) is 5.78 Å². The Morgan fingerprint density at radius 1 is 1.16 bits per heavy atom. The molecule has 1 aromatic rings. The molecule has 0 atom stereocenters. The lowest BCUT2D eigenvalue weighted by Gasteiger charge is -2.04. The average molecular weight is 268 g/mol. The molecule has 0 aliphatic rings. The molecule has 0 radical (unpaired) electrons. The van der Waals surface area contributed by atoms with Crippen LogP contribution in [0, 0.1) is 11.6 Å². The second kappa shape index (κ2) is 6.72. The van der Waals surface area contributed by atoms with Crippen molar-refractivity contribution in [2.75, 3.05) is 6.54 Å². The number of nitrogens with zero attached hydrogens (tertiary/aromatic N) is 1. The van der Waals surface area contributed by atoms with Gasteiger partial charge in [-0.3, -0.25) is 14.6 Å². The summed E-state index contributed by atoms with van der Waals surface area (Å²) in [7, 11) is 0. The molecule has 0 fully saturated rings. The first-order valence-corrected chi connectivity index (χ1v) is 5.62. The third-order valence-corrected chi connectivity index (χ3v) is 2.17. The van der Waals surface area contributed by atoms with Crippen LogP contribution in [-0.2, 0) is 16.1 Å². The molecule has 0 aliphatic carbocycles. The summed E-state index contributed by atoms with van der Waals surface area (Å²) < 4.78 is 25.8. The lowest BCUT2D eigenvalue weighted by atomic mass is 10.2. The van der Waals surface area contributed by atoms with Gasteiger partial charge in [0.25, 0.3) is 5.91 Å². The Morgan fingerprint density at radius 3 is 2.26 bits per heavy atom. The second-order valence-corrected chi connectivity index (χ2v) is 4.15. The molecule has 0 saturated heterocycles. The van der Waals surface area contributed by atoms with Crippen molar-refractivity contribution in [1.82, 2.24) is 5.32 Å². The summed E-state index contributed by atoms with van der Waals surface area (Å²) in [5, 5.41) is 2.29. The van der Waals surface area contributed by atoms with Crippen LogP contribution in [0.4, 0.5) is 8.78 Å². The number of Topliss-reactive ketones (excluding diaryl/α,β-unsaturated/α-hetero) is 1. The molecule has 102 valence electrons. The van der Waals surface area contributed by atoms with Gasteiger partial charge in [-0.25, -0.2) is 8.78 Å². The molecular formula is C13H14F2N2O2. The fourth-order valence-corrected chi connectivity index (χ4v) is 1.30. The summed E-state index contributed by atoms with van der Waals surface area (Å²) in [4.78, 5) is 26.5. The van der Waals surface area contributed by atoms with E-state index in [1.807, 2.05) is 0 Å². The second-order valence-electron chi connectivity index (χ2n) is 4.15. The zero-order valence-electron chi connectivity index (χ0n) is 10.7. The van der Waals surface area contributed by atoms with E-state index in [1.165, 1.54) is 0 Å². The summed E-state index contributed by atoms with van der Waals surface area (Å²) in [5.74, 6) is -2.99. The molecule has 19 heavy (non-hydrogen) atoms. The molecule has 6 heteroatoms. The van der Waals surface area contributed by atoms with Crippen molar-refractivity contribution in [1.29, 1.82) is 0 Å². The van der Waals surface area contributed by atoms with Crippen LogP contribution in [0.15, 0.2) is 23.2 Å². The largest absolute Gasteiger partial charge is 0.345 e. The Balaban J connectivity index is 2.54. The number of rotatable bonds is 5. The minimum absolute atomic E-state index is 0.117.